The molecule has 0 saturated carbocycles. The Morgan fingerprint density at radius 2 is 1.68 bits per heavy atom. The van der Waals surface area contributed by atoms with Gasteiger partial charge >= 0.3 is 5.97 Å². The van der Waals surface area contributed by atoms with Crippen molar-refractivity contribution in [1.82, 2.24) is 10.3 Å². The Bertz CT molecular complexity index is 1250. The second-order valence-corrected chi connectivity index (χ2v) is 9.48. The molecule has 0 saturated heterocycles. The van der Waals surface area contributed by atoms with Crippen LogP contribution >= 0.6 is 11.3 Å². The summed E-state index contributed by atoms with van der Waals surface area (Å²) in [5.41, 5.74) is 4.71. The number of carboxylic acid groups (broad SMARTS) is 1. The summed E-state index contributed by atoms with van der Waals surface area (Å²) in [6, 6.07) is 24.0. The van der Waals surface area contributed by atoms with Crippen LogP contribution in [0.4, 0.5) is 5.69 Å². The van der Waals surface area contributed by atoms with E-state index < -0.39 is 5.97 Å². The molecule has 4 rings (SSSR count). The molecule has 1 atom stereocenters. The highest BCUT2D eigenvalue weighted by atomic mass is 32.1. The zero-order chi connectivity index (χ0) is 24.1. The first kappa shape index (κ1) is 23.4. The number of aromatic nitrogens is 1. The first-order valence-corrected chi connectivity index (χ1v) is 12.0. The number of carboxylic acids is 1. The second-order valence-electron chi connectivity index (χ2n) is 8.45. The molecule has 0 spiro atoms. The first-order chi connectivity index (χ1) is 16.4. The van der Waals surface area contributed by atoms with Gasteiger partial charge in [0, 0.05) is 23.4 Å². The molecular formula is C27H27N3O3S. The monoisotopic (exact) mass is 473 g/mol. The van der Waals surface area contributed by atoms with Gasteiger partial charge in [0.15, 0.2) is 0 Å². The van der Waals surface area contributed by atoms with Crippen molar-refractivity contribution in [3.8, 4) is 10.6 Å². The maximum absolute atomic E-state index is 12.2. The number of anilines is 1. The van der Waals surface area contributed by atoms with Crippen molar-refractivity contribution in [3.63, 3.8) is 0 Å². The zero-order valence-corrected chi connectivity index (χ0v) is 19.9. The Morgan fingerprint density at radius 1 is 0.971 bits per heavy atom. The smallest absolute Gasteiger partial charge is 0.305 e. The Kier molecular flexibility index (Phi) is 7.23. The van der Waals surface area contributed by atoms with E-state index in [-0.39, 0.29) is 24.9 Å². The number of nitrogens with zero attached hydrogens (tertiary/aromatic N) is 1. The molecule has 3 aromatic carbocycles. The van der Waals surface area contributed by atoms with Crippen molar-refractivity contribution in [1.29, 1.82) is 0 Å². The number of benzene rings is 3. The number of carbonyl (C=O) groups is 2. The van der Waals surface area contributed by atoms with E-state index in [1.54, 1.807) is 23.5 Å². The zero-order valence-electron chi connectivity index (χ0n) is 19.1. The van der Waals surface area contributed by atoms with E-state index in [2.05, 4.69) is 54.8 Å². The van der Waals surface area contributed by atoms with Crippen LogP contribution in [0.15, 0.2) is 72.8 Å². The number of amides is 1. The third kappa shape index (κ3) is 5.61. The molecule has 34 heavy (non-hydrogen) atoms. The van der Waals surface area contributed by atoms with Gasteiger partial charge in [0.1, 0.15) is 5.01 Å². The van der Waals surface area contributed by atoms with Gasteiger partial charge in [-0.2, -0.15) is 0 Å². The van der Waals surface area contributed by atoms with E-state index in [1.165, 1.54) is 10.3 Å². The van der Waals surface area contributed by atoms with Crippen molar-refractivity contribution >= 4 is 39.1 Å². The summed E-state index contributed by atoms with van der Waals surface area (Å²) in [4.78, 5) is 27.5. The van der Waals surface area contributed by atoms with Crippen LogP contribution in [-0.4, -0.2) is 28.5 Å². The van der Waals surface area contributed by atoms with Crippen molar-refractivity contribution in [2.75, 3.05) is 11.9 Å². The average Bonchev–Trinajstić information content (AvgIpc) is 3.27. The van der Waals surface area contributed by atoms with Crippen LogP contribution in [0.25, 0.3) is 20.8 Å². The van der Waals surface area contributed by atoms with Gasteiger partial charge in [-0.15, -0.1) is 11.3 Å². The number of nitrogens with one attached hydrogen (secondary N) is 2. The fourth-order valence-electron chi connectivity index (χ4n) is 3.75. The van der Waals surface area contributed by atoms with Crippen molar-refractivity contribution < 1.29 is 14.7 Å². The van der Waals surface area contributed by atoms with Crippen LogP contribution in [0.5, 0.6) is 0 Å². The van der Waals surface area contributed by atoms with Crippen LogP contribution in [0.3, 0.4) is 0 Å². The summed E-state index contributed by atoms with van der Waals surface area (Å²) < 4.78 is 1.18. The van der Waals surface area contributed by atoms with Gasteiger partial charge in [0.2, 0.25) is 0 Å². The lowest BCUT2D eigenvalue weighted by Gasteiger charge is -2.24. The van der Waals surface area contributed by atoms with Crippen molar-refractivity contribution in [2.45, 2.75) is 26.3 Å². The predicted molar refractivity (Wildman–Crippen MR) is 137 cm³/mol. The summed E-state index contributed by atoms with van der Waals surface area (Å²) in [5.74, 6) is -0.876. The fourth-order valence-corrected chi connectivity index (χ4v) is 4.72. The lowest BCUT2D eigenvalue weighted by Crippen LogP contribution is -2.26. The lowest BCUT2D eigenvalue weighted by molar-refractivity contribution is -0.136. The largest absolute Gasteiger partial charge is 0.481 e. The molecule has 0 aliphatic rings. The van der Waals surface area contributed by atoms with Gasteiger partial charge < -0.3 is 15.7 Å². The van der Waals surface area contributed by atoms with Gasteiger partial charge in [-0.05, 0) is 47.9 Å². The Morgan fingerprint density at radius 3 is 2.32 bits per heavy atom. The standard InChI is InChI=1S/C27H27N3O3S/c1-17(2)25(29-21-13-11-19(12-14-21)26(33)28-16-15-24(31)32)18-7-9-20(10-8-18)27-30-22-5-3-4-6-23(22)34-27/h3-14,17,25,29H,15-16H2,1-2H3,(H,28,33)(H,31,32). The number of hydrogen-bond donors (Lipinski definition) is 3. The summed E-state index contributed by atoms with van der Waals surface area (Å²) in [6.07, 6.45) is -0.0980. The van der Waals surface area contributed by atoms with E-state index in [4.69, 9.17) is 10.1 Å². The minimum absolute atomic E-state index is 0.0969. The summed E-state index contributed by atoms with van der Waals surface area (Å²) in [7, 11) is 0. The molecule has 0 aliphatic carbocycles. The maximum Gasteiger partial charge on any atom is 0.305 e. The quantitative estimate of drug-likeness (QED) is 0.278. The highest BCUT2D eigenvalue weighted by Crippen LogP contribution is 2.32. The Hall–Kier alpha value is -3.71. The van der Waals surface area contributed by atoms with Gasteiger partial charge in [-0.25, -0.2) is 4.98 Å². The molecule has 1 unspecified atom stereocenters. The summed E-state index contributed by atoms with van der Waals surface area (Å²) >= 11 is 1.69. The normalized spacial score (nSPS) is 12.0. The van der Waals surface area contributed by atoms with Gasteiger partial charge in [0.05, 0.1) is 22.7 Å². The molecule has 0 radical (unpaired) electrons. The molecule has 7 heteroatoms. The molecule has 6 nitrogen and oxygen atoms in total. The minimum atomic E-state index is -0.937. The molecule has 0 bridgehead atoms. The van der Waals surface area contributed by atoms with Crippen LogP contribution in [0.2, 0.25) is 0 Å². The van der Waals surface area contributed by atoms with Gasteiger partial charge in [0.25, 0.3) is 5.91 Å². The number of rotatable bonds is 9. The highest BCUT2D eigenvalue weighted by molar-refractivity contribution is 7.21. The van der Waals surface area contributed by atoms with Crippen LogP contribution in [0.1, 0.15) is 42.2 Å². The Labute approximate surface area is 202 Å². The van der Waals surface area contributed by atoms with Gasteiger partial charge in [-0.1, -0.05) is 50.2 Å². The molecule has 0 aliphatic heterocycles. The topological polar surface area (TPSA) is 91.3 Å². The van der Waals surface area contributed by atoms with E-state index in [0.717, 1.165) is 21.8 Å². The van der Waals surface area contributed by atoms with Crippen LogP contribution in [0, 0.1) is 5.92 Å². The highest BCUT2D eigenvalue weighted by Gasteiger charge is 2.17. The maximum atomic E-state index is 12.2. The SMILES string of the molecule is CC(C)C(Nc1ccc(C(=O)NCCC(=O)O)cc1)c1ccc(-c2nc3ccccc3s2)cc1. The number of thiazole rings is 1. The molecular weight excluding hydrogens is 446 g/mol. The van der Waals surface area contributed by atoms with Gasteiger partial charge in [-0.3, -0.25) is 9.59 Å². The fraction of sp³-hybridized carbons (Fsp3) is 0.222. The Balaban J connectivity index is 1.45. The lowest BCUT2D eigenvalue weighted by atomic mass is 9.95. The molecule has 1 heterocycles. The molecule has 174 valence electrons. The predicted octanol–water partition coefficient (Wildman–Crippen LogP) is 5.98. The number of carbonyl (C=O) groups excluding carboxylic acids is 1. The molecule has 0 fully saturated rings. The summed E-state index contributed by atoms with van der Waals surface area (Å²) in [5, 5.41) is 15.9. The minimum Gasteiger partial charge on any atom is -0.481 e. The molecule has 1 amide bonds. The average molecular weight is 474 g/mol. The molecule has 3 N–H and O–H groups in total. The van der Waals surface area contributed by atoms with E-state index >= 15 is 0 Å². The third-order valence-electron chi connectivity index (χ3n) is 5.57. The summed E-state index contributed by atoms with van der Waals surface area (Å²) in [6.45, 7) is 4.45. The molecule has 4 aromatic rings. The number of fused-ring (bicyclic) bond motifs is 1. The van der Waals surface area contributed by atoms with Crippen molar-refractivity contribution in [3.05, 3.63) is 83.9 Å². The van der Waals surface area contributed by atoms with Crippen molar-refractivity contribution in [2.24, 2.45) is 5.92 Å². The van der Waals surface area contributed by atoms with E-state index in [1.807, 2.05) is 30.3 Å². The third-order valence-corrected chi connectivity index (χ3v) is 6.66. The number of para-hydroxylation sites is 1. The number of aliphatic carboxylic acids is 1. The van der Waals surface area contributed by atoms with Crippen LogP contribution < -0.4 is 10.6 Å². The molecule has 1 aromatic heterocycles. The van der Waals surface area contributed by atoms with E-state index in [9.17, 15) is 9.59 Å². The van der Waals surface area contributed by atoms with Crippen LogP contribution in [-0.2, 0) is 4.79 Å². The van der Waals surface area contributed by atoms with E-state index in [0.29, 0.717) is 11.5 Å². The number of hydrogen-bond acceptors (Lipinski definition) is 5. The second kappa shape index (κ2) is 10.5. The first-order valence-electron chi connectivity index (χ1n) is 11.2.